The summed E-state index contributed by atoms with van der Waals surface area (Å²) in [6.07, 6.45) is 8.30. The van der Waals surface area contributed by atoms with Crippen LogP contribution >= 0.6 is 22.6 Å². The van der Waals surface area contributed by atoms with Gasteiger partial charge in [-0.05, 0) is 71.3 Å². The van der Waals surface area contributed by atoms with Gasteiger partial charge in [0.1, 0.15) is 88.0 Å². The van der Waals surface area contributed by atoms with Gasteiger partial charge in [-0.15, -0.1) is 0 Å². The number of nitrogens with one attached hydrogen (secondary N) is 2. The Morgan fingerprint density at radius 2 is 0.867 bits per heavy atom. The van der Waals surface area contributed by atoms with E-state index >= 15 is 0 Å². The number of halogens is 1. The Kier molecular flexibility index (Phi) is 18.9. The highest BCUT2D eigenvalue weighted by atomic mass is 127. The van der Waals surface area contributed by atoms with Crippen LogP contribution in [0.3, 0.4) is 0 Å². The molecule has 0 atom stereocenters. The molecule has 29 nitrogen and oxygen atoms in total. The minimum Gasteiger partial charge on any atom is -0.476 e. The number of aromatic nitrogens is 20. The normalized spacial score (nSPS) is 10.5. The Balaban J connectivity index is 0.000000171. The number of aryl methyl sites for hydroxylation is 9. The van der Waals surface area contributed by atoms with Crippen molar-refractivity contribution in [3.63, 3.8) is 0 Å². The van der Waals surface area contributed by atoms with E-state index in [2.05, 4.69) is 113 Å². The van der Waals surface area contributed by atoms with Crippen molar-refractivity contribution in [2.45, 2.75) is 34.6 Å². The largest absolute Gasteiger partial charge is 0.476 e. The number of aromatic amines is 1. The molecule has 0 aliphatic heterocycles. The number of carboxylic acids is 1. The Hall–Kier alpha value is -8.68. The summed E-state index contributed by atoms with van der Waals surface area (Å²) in [6, 6.07) is 0. The van der Waals surface area contributed by atoms with Crippen LogP contribution in [0.25, 0.3) is 55.2 Å². The third kappa shape index (κ3) is 13.5. The lowest BCUT2D eigenvalue weighted by atomic mass is 10.3. The number of carbonyl (C=O) groups is 4. The zero-order valence-corrected chi connectivity index (χ0v) is 46.3. The van der Waals surface area contributed by atoms with Gasteiger partial charge in [-0.25, -0.2) is 59.4 Å². The van der Waals surface area contributed by atoms with Gasteiger partial charge in [0, 0.05) is 56.4 Å². The Bertz CT molecular complexity index is 3690. The van der Waals surface area contributed by atoms with Gasteiger partial charge >= 0.3 is 11.9 Å². The second-order valence-corrected chi connectivity index (χ2v) is 17.4. The van der Waals surface area contributed by atoms with Gasteiger partial charge in [-0.3, -0.25) is 33.4 Å². The molecule has 0 saturated heterocycles. The maximum absolute atomic E-state index is 11.9. The smallest absolute Gasteiger partial charge is 0.360 e. The molecule has 0 spiro atoms. The van der Waals surface area contributed by atoms with Crippen molar-refractivity contribution in [1.29, 1.82) is 0 Å². The summed E-state index contributed by atoms with van der Waals surface area (Å²) < 4.78 is 12.0. The van der Waals surface area contributed by atoms with Crippen LogP contribution in [0, 0.1) is 38.3 Å². The van der Waals surface area contributed by atoms with Crippen LogP contribution in [0.15, 0.2) is 31.0 Å². The molecule has 0 aliphatic carbocycles. The number of hydrogen-bond acceptors (Lipinski definition) is 21. The Morgan fingerprint density at radius 3 is 1.29 bits per heavy atom. The lowest BCUT2D eigenvalue weighted by Crippen LogP contribution is -2.22. The predicted octanol–water partition coefficient (Wildman–Crippen LogP) is 2.68. The number of H-pyrrole nitrogens is 1. The van der Waals surface area contributed by atoms with Gasteiger partial charge in [-0.1, -0.05) is 0 Å². The number of carboxylic acid groups (broad SMARTS) is 1. The highest BCUT2D eigenvalue weighted by molar-refractivity contribution is 14.1. The summed E-state index contributed by atoms with van der Waals surface area (Å²) in [5.41, 5.74) is 7.65. The van der Waals surface area contributed by atoms with Crippen LogP contribution in [0.5, 0.6) is 0 Å². The monoisotopic (exact) mass is 1140 g/mol. The van der Waals surface area contributed by atoms with Crippen molar-refractivity contribution >= 4 is 102 Å². The zero-order chi connectivity index (χ0) is 55.6. The first-order valence-electron chi connectivity index (χ1n) is 22.2. The molecule has 3 N–H and O–H groups in total. The fourth-order valence-corrected chi connectivity index (χ4v) is 7.18. The molecule has 10 aromatic rings. The number of aromatic carboxylic acids is 1. The summed E-state index contributed by atoms with van der Waals surface area (Å²) in [4.78, 5) is 89.9. The molecule has 394 valence electrons. The lowest BCUT2D eigenvalue weighted by molar-refractivity contribution is 0.0593. The fourth-order valence-electron chi connectivity index (χ4n) is 6.46. The van der Waals surface area contributed by atoms with Crippen molar-refractivity contribution < 1.29 is 29.0 Å². The topological polar surface area (TPSA) is 345 Å². The third-order valence-corrected chi connectivity index (χ3v) is 10.8. The average molecular weight is 1140 g/mol. The van der Waals surface area contributed by atoms with Crippen LogP contribution in [-0.2, 0) is 32.9 Å². The lowest BCUT2D eigenvalue weighted by Gasteiger charge is -2.07. The molecule has 10 heterocycles. The van der Waals surface area contributed by atoms with Crippen LogP contribution in [0.4, 0.5) is 0 Å². The molecule has 10 rings (SSSR count). The van der Waals surface area contributed by atoms with Crippen molar-refractivity contribution in [3.05, 3.63) is 86.6 Å². The second-order valence-electron chi connectivity index (χ2n) is 16.4. The van der Waals surface area contributed by atoms with Gasteiger partial charge < -0.3 is 25.0 Å². The molecule has 2 amide bonds. The van der Waals surface area contributed by atoms with Crippen LogP contribution in [0.1, 0.15) is 71.1 Å². The predicted molar refractivity (Wildman–Crippen MR) is 283 cm³/mol. The first-order chi connectivity index (χ1) is 35.4. The SMILES string of the molecule is CNC.COC(=O)c1nn(C)c2cnc(C)nc12.Cc1ncc2[nH]nc(C(=O)N(C)C)c2n1.Cc1ncc2c(n1)c(C(=O)N(C)C)nn2C.Cc1ncc2c(n1)c(C(=O)O)nn2C.Cc1ncc2c(n1)c(I)nn2C. The first-order valence-corrected chi connectivity index (χ1v) is 23.3. The highest BCUT2D eigenvalue weighted by Crippen LogP contribution is 2.19. The van der Waals surface area contributed by atoms with E-state index in [9.17, 15) is 19.2 Å². The van der Waals surface area contributed by atoms with E-state index in [4.69, 9.17) is 5.11 Å². The van der Waals surface area contributed by atoms with Gasteiger partial charge in [-0.2, -0.15) is 25.5 Å². The van der Waals surface area contributed by atoms with Crippen LogP contribution < -0.4 is 5.32 Å². The fraction of sp³-hybridized carbons (Fsp3) is 0.356. The molecule has 0 bridgehead atoms. The number of nitrogens with zero attached hydrogens (tertiary/aromatic N) is 21. The number of hydrogen-bond donors (Lipinski definition) is 3. The summed E-state index contributed by atoms with van der Waals surface area (Å²) in [7, 11) is 18.9. The van der Waals surface area contributed by atoms with Crippen molar-refractivity contribution in [1.82, 2.24) is 114 Å². The molecule has 0 saturated carbocycles. The van der Waals surface area contributed by atoms with E-state index < -0.39 is 11.9 Å². The summed E-state index contributed by atoms with van der Waals surface area (Å²) in [6.45, 7) is 8.90. The zero-order valence-electron chi connectivity index (χ0n) is 44.1. The maximum atomic E-state index is 11.9. The van der Waals surface area contributed by atoms with Gasteiger partial charge in [0.25, 0.3) is 11.8 Å². The number of fused-ring (bicyclic) bond motifs is 5. The van der Waals surface area contributed by atoms with E-state index in [0.717, 1.165) is 26.1 Å². The second kappa shape index (κ2) is 24.8. The molecule has 0 aromatic carbocycles. The quantitative estimate of drug-likeness (QED) is 0.168. The average Bonchev–Trinajstić information content (AvgIpc) is 4.17. The summed E-state index contributed by atoms with van der Waals surface area (Å²) in [5.74, 6) is 1.29. The third-order valence-electron chi connectivity index (χ3n) is 10.0. The van der Waals surface area contributed by atoms with E-state index in [0.29, 0.717) is 73.3 Å². The summed E-state index contributed by atoms with van der Waals surface area (Å²) >= 11 is 2.17. The first kappa shape index (κ1) is 57.2. The van der Waals surface area contributed by atoms with E-state index in [1.807, 2.05) is 28.1 Å². The maximum Gasteiger partial charge on any atom is 0.360 e. The molecule has 0 fully saturated rings. The van der Waals surface area contributed by atoms with Crippen molar-refractivity contribution in [2.75, 3.05) is 49.4 Å². The number of methoxy groups -OCH3 is 1. The highest BCUT2D eigenvalue weighted by Gasteiger charge is 2.21. The van der Waals surface area contributed by atoms with E-state index in [-0.39, 0.29) is 23.2 Å². The number of carbonyl (C=O) groups excluding carboxylic acids is 3. The molecule has 0 unspecified atom stereocenters. The molecule has 0 aliphatic rings. The Labute approximate surface area is 441 Å². The number of esters is 1. The molecular weight excluding hydrogens is 1090 g/mol. The standard InChI is InChI=1S/C10H13N5O.C9H11N5O.C9H10N4O2.C8H8N4O2.C7H7IN4.C2H7N/c1-6-11-5-7-8(12-6)9(13-15(7)4)10(16)14(2)3;1-5-10-4-6-7(11-5)8(13-12-6)9(15)14(2)3;1-5-10-4-6-7(11-5)8(9(14)15-3)12-13(6)2;1-4-9-3-5-6(10-4)7(8(13)14)11-12(5)2;1-4-9-3-5-6(10-4)7(8)11-12(5)2;1-3-2/h5H,1-4H3;4H,1-3H3,(H,12,13);4H,1-3H3;3H,1-2H3,(H,13,14);3H,1-2H3;3H,1-2H3. The minimum atomic E-state index is -1.08. The minimum absolute atomic E-state index is 0.0343. The van der Waals surface area contributed by atoms with Gasteiger partial charge in [0.05, 0.1) is 38.1 Å². The molecular formula is C45H56IN23O6. The number of rotatable bonds is 4. The summed E-state index contributed by atoms with van der Waals surface area (Å²) in [5, 5.41) is 34.6. The van der Waals surface area contributed by atoms with Crippen molar-refractivity contribution in [2.24, 2.45) is 28.2 Å². The van der Waals surface area contributed by atoms with Gasteiger partial charge in [0.15, 0.2) is 22.8 Å². The number of amides is 2. The van der Waals surface area contributed by atoms with Crippen LogP contribution in [-0.4, -0.2) is 187 Å². The van der Waals surface area contributed by atoms with Crippen LogP contribution in [0.2, 0.25) is 0 Å². The molecule has 0 radical (unpaired) electrons. The van der Waals surface area contributed by atoms with E-state index in [1.165, 1.54) is 21.6 Å². The Morgan fingerprint density at radius 1 is 0.533 bits per heavy atom. The molecule has 10 aromatic heterocycles. The number of ether oxygens (including phenoxy) is 1. The van der Waals surface area contributed by atoms with Crippen molar-refractivity contribution in [3.8, 4) is 0 Å². The van der Waals surface area contributed by atoms with E-state index in [1.54, 1.807) is 122 Å². The molecule has 75 heavy (non-hydrogen) atoms. The molecule has 30 heteroatoms. The van der Waals surface area contributed by atoms with Gasteiger partial charge in [0.2, 0.25) is 0 Å².